The Balaban J connectivity index is 0.00000259. The lowest BCUT2D eigenvalue weighted by atomic mass is 10.1. The molecular weight excluding hydrogens is 450 g/mol. The summed E-state index contributed by atoms with van der Waals surface area (Å²) in [6, 6.07) is 10.1. The van der Waals surface area contributed by atoms with E-state index in [0.717, 1.165) is 43.0 Å². The number of ether oxygens (including phenoxy) is 1. The van der Waals surface area contributed by atoms with Crippen LogP contribution in [0.2, 0.25) is 0 Å². The van der Waals surface area contributed by atoms with Crippen molar-refractivity contribution in [3.05, 3.63) is 87.5 Å². The van der Waals surface area contributed by atoms with Crippen LogP contribution in [-0.4, -0.2) is 27.2 Å². The third kappa shape index (κ3) is 4.36. The first-order valence-corrected chi connectivity index (χ1v) is 10.5. The second-order valence-electron chi connectivity index (χ2n) is 7.87. The first-order chi connectivity index (χ1) is 15.5. The first kappa shape index (κ1) is 22.9. The highest BCUT2D eigenvalue weighted by atomic mass is 35.5. The average molecular weight is 473 g/mol. The molecule has 0 fully saturated rings. The summed E-state index contributed by atoms with van der Waals surface area (Å²) in [5, 5.41) is 4.53. The van der Waals surface area contributed by atoms with Gasteiger partial charge in [0.05, 0.1) is 0 Å². The Morgan fingerprint density at radius 1 is 1.09 bits per heavy atom. The van der Waals surface area contributed by atoms with Crippen molar-refractivity contribution in [2.75, 3.05) is 13.1 Å². The Morgan fingerprint density at radius 3 is 2.70 bits per heavy atom. The predicted molar refractivity (Wildman–Crippen MR) is 125 cm³/mol. The highest BCUT2D eigenvalue weighted by molar-refractivity contribution is 5.85. The first-order valence-electron chi connectivity index (χ1n) is 10.5. The molecule has 0 amide bonds. The van der Waals surface area contributed by atoms with Gasteiger partial charge in [-0.15, -0.1) is 12.4 Å². The van der Waals surface area contributed by atoms with E-state index < -0.39 is 11.6 Å². The molecule has 0 bridgehead atoms. The molecule has 3 aromatic heterocycles. The fourth-order valence-corrected chi connectivity index (χ4v) is 4.23. The molecule has 172 valence electrons. The van der Waals surface area contributed by atoms with Crippen LogP contribution in [0.4, 0.5) is 8.78 Å². The van der Waals surface area contributed by atoms with E-state index in [2.05, 4.69) is 9.88 Å². The number of rotatable bonds is 4. The topological polar surface area (TPSA) is 61.1 Å². The molecule has 0 unspecified atom stereocenters. The number of nitrogens with zero attached hydrogens (tertiary/aromatic N) is 3. The van der Waals surface area contributed by atoms with Gasteiger partial charge in [-0.3, -0.25) is 9.36 Å². The smallest absolute Gasteiger partial charge is 0.259 e. The molecule has 0 spiro atoms. The molecule has 1 aliphatic rings. The molecular formula is C24H23ClF2N4O2. The Labute approximate surface area is 195 Å². The number of fused-ring (bicyclic) bond motifs is 3. The van der Waals surface area contributed by atoms with Gasteiger partial charge in [-0.1, -0.05) is 0 Å². The Morgan fingerprint density at radius 2 is 1.91 bits per heavy atom. The van der Waals surface area contributed by atoms with Gasteiger partial charge >= 0.3 is 0 Å². The standard InChI is InChI=1S/C24H22F2N4O2.ClH/c1-29-21-7-10-27-9-6-18(21)19-4-5-22(28-24(19)29)30-11-8-17(13-23(30)31)32-14-15-2-3-16(25)12-20(15)26;/h2-5,8,11-13,27H,6-7,9-10,14H2,1H3;1H. The largest absolute Gasteiger partial charge is 0.489 e. The molecule has 0 radical (unpaired) electrons. The molecule has 4 heterocycles. The second kappa shape index (κ2) is 9.33. The van der Waals surface area contributed by atoms with Crippen molar-refractivity contribution in [2.45, 2.75) is 19.4 Å². The minimum Gasteiger partial charge on any atom is -0.489 e. The maximum Gasteiger partial charge on any atom is 0.259 e. The van der Waals surface area contributed by atoms with Gasteiger partial charge in [-0.25, -0.2) is 13.8 Å². The number of benzene rings is 1. The fraction of sp³-hybridized carbons (Fsp3) is 0.250. The summed E-state index contributed by atoms with van der Waals surface area (Å²) < 4.78 is 35.9. The molecule has 4 aromatic rings. The van der Waals surface area contributed by atoms with Gasteiger partial charge in [-0.05, 0) is 48.9 Å². The van der Waals surface area contributed by atoms with Gasteiger partial charge in [0.15, 0.2) is 0 Å². The summed E-state index contributed by atoms with van der Waals surface area (Å²) >= 11 is 0. The number of pyridine rings is 2. The number of nitrogens with one attached hydrogen (secondary N) is 1. The predicted octanol–water partition coefficient (Wildman–Crippen LogP) is 3.69. The summed E-state index contributed by atoms with van der Waals surface area (Å²) in [7, 11) is 2.01. The van der Waals surface area contributed by atoms with Gasteiger partial charge in [0.1, 0.15) is 35.5 Å². The molecule has 1 aromatic carbocycles. The van der Waals surface area contributed by atoms with Crippen molar-refractivity contribution >= 4 is 23.4 Å². The van der Waals surface area contributed by atoms with Crippen LogP contribution < -0.4 is 15.6 Å². The molecule has 0 aliphatic carbocycles. The van der Waals surface area contributed by atoms with Gasteiger partial charge in [0.2, 0.25) is 0 Å². The Kier molecular flexibility index (Phi) is 6.49. The van der Waals surface area contributed by atoms with Crippen LogP contribution in [-0.2, 0) is 26.5 Å². The maximum atomic E-state index is 13.8. The number of hydrogen-bond donors (Lipinski definition) is 1. The highest BCUT2D eigenvalue weighted by Crippen LogP contribution is 2.27. The molecule has 5 rings (SSSR count). The van der Waals surface area contributed by atoms with Crippen molar-refractivity contribution in [3.8, 4) is 11.6 Å². The zero-order valence-electron chi connectivity index (χ0n) is 18.0. The quantitative estimate of drug-likeness (QED) is 0.492. The lowest BCUT2D eigenvalue weighted by molar-refractivity contribution is 0.298. The maximum absolute atomic E-state index is 13.8. The Hall–Kier alpha value is -3.23. The lowest BCUT2D eigenvalue weighted by Crippen LogP contribution is -2.18. The molecule has 0 saturated carbocycles. The molecule has 1 N–H and O–H groups in total. The molecule has 33 heavy (non-hydrogen) atoms. The van der Waals surface area contributed by atoms with E-state index in [9.17, 15) is 13.6 Å². The third-order valence-electron chi connectivity index (χ3n) is 5.89. The van der Waals surface area contributed by atoms with E-state index in [1.54, 1.807) is 12.3 Å². The summed E-state index contributed by atoms with van der Waals surface area (Å²) in [6.07, 6.45) is 3.48. The number of halogens is 3. The SMILES string of the molecule is Cl.Cn1c2c(c3ccc(-n4ccc(OCc5ccc(F)cc5F)cc4=O)nc31)CCNCC2. The monoisotopic (exact) mass is 472 g/mol. The van der Waals surface area contributed by atoms with Crippen molar-refractivity contribution in [1.82, 2.24) is 19.4 Å². The van der Waals surface area contributed by atoms with Crippen LogP contribution >= 0.6 is 12.4 Å². The fourth-order valence-electron chi connectivity index (χ4n) is 4.23. The summed E-state index contributed by atoms with van der Waals surface area (Å²) in [5.74, 6) is -0.515. The van der Waals surface area contributed by atoms with Crippen molar-refractivity contribution in [3.63, 3.8) is 0 Å². The minimum atomic E-state index is -0.687. The molecule has 1 aliphatic heterocycles. The normalized spacial score (nSPS) is 13.3. The molecule has 6 nitrogen and oxygen atoms in total. The Bertz CT molecular complexity index is 1380. The van der Waals surface area contributed by atoms with E-state index in [-0.39, 0.29) is 30.1 Å². The lowest BCUT2D eigenvalue weighted by Gasteiger charge is -2.10. The van der Waals surface area contributed by atoms with Gasteiger partial charge in [-0.2, -0.15) is 0 Å². The molecule has 0 saturated heterocycles. The summed E-state index contributed by atoms with van der Waals surface area (Å²) in [4.78, 5) is 17.5. The van der Waals surface area contributed by atoms with Crippen LogP contribution in [0.5, 0.6) is 5.75 Å². The van der Waals surface area contributed by atoms with Crippen molar-refractivity contribution in [2.24, 2.45) is 7.05 Å². The van der Waals surface area contributed by atoms with Gasteiger partial charge < -0.3 is 14.6 Å². The highest BCUT2D eigenvalue weighted by Gasteiger charge is 2.18. The minimum absolute atomic E-state index is 0. The van der Waals surface area contributed by atoms with Crippen molar-refractivity contribution < 1.29 is 13.5 Å². The number of aromatic nitrogens is 3. The van der Waals surface area contributed by atoms with Crippen molar-refractivity contribution in [1.29, 1.82) is 0 Å². The molecule has 0 atom stereocenters. The molecule has 9 heteroatoms. The van der Waals surface area contributed by atoms with Crippen LogP contribution in [0.1, 0.15) is 16.8 Å². The zero-order valence-corrected chi connectivity index (χ0v) is 18.8. The van der Waals surface area contributed by atoms with E-state index in [4.69, 9.17) is 9.72 Å². The van der Waals surface area contributed by atoms with Crippen LogP contribution in [0.25, 0.3) is 16.9 Å². The van der Waals surface area contributed by atoms with Crippen LogP contribution in [0.3, 0.4) is 0 Å². The van der Waals surface area contributed by atoms with Gasteiger partial charge in [0, 0.05) is 55.0 Å². The average Bonchev–Trinajstić information content (AvgIpc) is 2.93. The van der Waals surface area contributed by atoms with Crippen LogP contribution in [0.15, 0.2) is 53.5 Å². The van der Waals surface area contributed by atoms with E-state index in [1.165, 1.54) is 34.0 Å². The van der Waals surface area contributed by atoms with Gasteiger partial charge in [0.25, 0.3) is 5.56 Å². The second-order valence-corrected chi connectivity index (χ2v) is 7.87. The van der Waals surface area contributed by atoms with E-state index in [1.807, 2.05) is 19.2 Å². The number of aryl methyl sites for hydroxylation is 1. The third-order valence-corrected chi connectivity index (χ3v) is 5.89. The van der Waals surface area contributed by atoms with Crippen LogP contribution in [0, 0.1) is 11.6 Å². The summed E-state index contributed by atoms with van der Waals surface area (Å²) in [5.41, 5.74) is 3.35. The zero-order chi connectivity index (χ0) is 22.2. The van der Waals surface area contributed by atoms with E-state index >= 15 is 0 Å². The summed E-state index contributed by atoms with van der Waals surface area (Å²) in [6.45, 7) is 1.77. The van der Waals surface area contributed by atoms with E-state index in [0.29, 0.717) is 11.6 Å². The number of hydrogen-bond acceptors (Lipinski definition) is 4.